The van der Waals surface area contributed by atoms with Crippen LogP contribution in [0, 0.1) is 5.82 Å². The lowest BCUT2D eigenvalue weighted by Gasteiger charge is -2.14. The molecule has 0 atom stereocenters. The van der Waals surface area contributed by atoms with Crippen LogP contribution >= 0.6 is 0 Å². The van der Waals surface area contributed by atoms with Crippen LogP contribution in [0.5, 0.6) is 0 Å². The normalized spacial score (nSPS) is 14.3. The van der Waals surface area contributed by atoms with Crippen molar-refractivity contribution in [3.8, 4) is 22.5 Å². The van der Waals surface area contributed by atoms with Gasteiger partial charge in [-0.2, -0.15) is 5.10 Å². The fourth-order valence-corrected chi connectivity index (χ4v) is 6.80. The Kier molecular flexibility index (Phi) is 9.86. The number of rotatable bonds is 13. The zero-order valence-corrected chi connectivity index (χ0v) is 28.0. The van der Waals surface area contributed by atoms with Crippen molar-refractivity contribution in [3.63, 3.8) is 0 Å². The summed E-state index contributed by atoms with van der Waals surface area (Å²) < 4.78 is 14.9. The van der Waals surface area contributed by atoms with Crippen molar-refractivity contribution in [2.75, 3.05) is 26.2 Å². The molecule has 0 radical (unpaired) electrons. The van der Waals surface area contributed by atoms with Crippen LogP contribution in [-0.2, 0) is 13.0 Å². The first-order valence-corrected chi connectivity index (χ1v) is 17.2. The summed E-state index contributed by atoms with van der Waals surface area (Å²) in [6, 6.07) is 20.0. The first-order valence-electron chi connectivity index (χ1n) is 17.2. The molecule has 8 heteroatoms. The van der Waals surface area contributed by atoms with E-state index in [1.807, 2.05) is 37.7 Å². The van der Waals surface area contributed by atoms with Crippen molar-refractivity contribution in [2.24, 2.45) is 0 Å². The van der Waals surface area contributed by atoms with Gasteiger partial charge in [-0.25, -0.2) is 9.37 Å². The molecule has 0 saturated carbocycles. The number of aromatic amines is 2. The third kappa shape index (κ3) is 7.46. The average Bonchev–Trinajstić information content (AvgIpc) is 3.90. The molecule has 7 nitrogen and oxygen atoms in total. The topological polar surface area (TPSA) is 85.5 Å². The molecule has 3 N–H and O–H groups in total. The summed E-state index contributed by atoms with van der Waals surface area (Å²) in [5.74, 6) is -0.222. The van der Waals surface area contributed by atoms with E-state index in [1.165, 1.54) is 31.5 Å². The van der Waals surface area contributed by atoms with Crippen molar-refractivity contribution in [3.05, 3.63) is 132 Å². The first kappa shape index (κ1) is 32.4. The number of aromatic nitrogens is 5. The molecule has 1 aliphatic rings. The summed E-state index contributed by atoms with van der Waals surface area (Å²) >= 11 is 0. The third-order valence-electron chi connectivity index (χ3n) is 9.38. The number of H-pyrrole nitrogens is 2. The maximum atomic E-state index is 14.9. The van der Waals surface area contributed by atoms with Crippen molar-refractivity contribution in [1.82, 2.24) is 35.4 Å². The van der Waals surface area contributed by atoms with E-state index in [1.54, 1.807) is 12.1 Å². The van der Waals surface area contributed by atoms with Crippen LogP contribution in [0.15, 0.2) is 110 Å². The second kappa shape index (κ2) is 14.9. The number of nitrogens with zero attached hydrogens (tertiary/aromatic N) is 4. The Morgan fingerprint density at radius 1 is 1.00 bits per heavy atom. The third-order valence-corrected chi connectivity index (χ3v) is 9.38. The number of halogens is 1. The Labute approximate surface area is 286 Å². The van der Waals surface area contributed by atoms with E-state index >= 15 is 0 Å². The molecule has 1 saturated heterocycles. The van der Waals surface area contributed by atoms with Gasteiger partial charge < -0.3 is 15.2 Å². The highest BCUT2D eigenvalue weighted by Crippen LogP contribution is 2.35. The van der Waals surface area contributed by atoms with Gasteiger partial charge in [-0.05, 0) is 104 Å². The van der Waals surface area contributed by atoms with Crippen LogP contribution in [0.1, 0.15) is 42.9 Å². The van der Waals surface area contributed by atoms with Crippen molar-refractivity contribution in [1.29, 1.82) is 0 Å². The zero-order chi connectivity index (χ0) is 33.6. The summed E-state index contributed by atoms with van der Waals surface area (Å²) in [6.45, 7) is 11.0. The number of likely N-dealkylation sites (tertiary alicyclic amines) is 1. The van der Waals surface area contributed by atoms with Gasteiger partial charge in [0.05, 0.1) is 23.1 Å². The van der Waals surface area contributed by atoms with Gasteiger partial charge in [-0.3, -0.25) is 10.1 Å². The van der Waals surface area contributed by atoms with Crippen molar-refractivity contribution < 1.29 is 4.39 Å². The van der Waals surface area contributed by atoms with Crippen LogP contribution in [0.3, 0.4) is 0 Å². The number of aryl methyl sites for hydroxylation is 1. The second-order valence-corrected chi connectivity index (χ2v) is 12.8. The number of fused-ring (bicyclic) bond motifs is 2. The minimum atomic E-state index is -0.222. The molecule has 7 rings (SSSR count). The summed E-state index contributed by atoms with van der Waals surface area (Å²) in [4.78, 5) is 15.2. The van der Waals surface area contributed by atoms with Crippen LogP contribution in [0.25, 0.3) is 50.0 Å². The van der Waals surface area contributed by atoms with Gasteiger partial charge in [-0.1, -0.05) is 61.2 Å². The monoisotopic (exact) mass is 651 g/mol. The number of hydrogen-bond donors (Lipinski definition) is 3. The maximum Gasteiger partial charge on any atom is 0.181 e. The fraction of sp³-hybridized carbons (Fsp3) is 0.244. The van der Waals surface area contributed by atoms with Crippen LogP contribution < -0.4 is 5.32 Å². The minimum Gasteiger partial charge on any atom is -0.352 e. The lowest BCUT2D eigenvalue weighted by molar-refractivity contribution is 0.334. The molecule has 1 fully saturated rings. The molecule has 0 unspecified atom stereocenters. The summed E-state index contributed by atoms with van der Waals surface area (Å²) in [5.41, 5.74) is 10.3. The highest BCUT2D eigenvalue weighted by Gasteiger charge is 2.16. The highest BCUT2D eigenvalue weighted by molar-refractivity contribution is 6.00. The number of hydrogen-bond acceptors (Lipinski definition) is 5. The number of allylic oxidation sites excluding steroid dienone is 3. The van der Waals surface area contributed by atoms with E-state index in [2.05, 4.69) is 91.6 Å². The van der Waals surface area contributed by atoms with Gasteiger partial charge >= 0.3 is 0 Å². The Morgan fingerprint density at radius 2 is 1.86 bits per heavy atom. The molecule has 5 heterocycles. The Bertz CT molecular complexity index is 2130. The van der Waals surface area contributed by atoms with Crippen LogP contribution in [-0.4, -0.2) is 56.2 Å². The van der Waals surface area contributed by atoms with E-state index in [4.69, 9.17) is 4.98 Å². The van der Waals surface area contributed by atoms with Gasteiger partial charge in [0.15, 0.2) is 5.65 Å². The van der Waals surface area contributed by atoms with Crippen LogP contribution in [0.4, 0.5) is 4.39 Å². The van der Waals surface area contributed by atoms with Gasteiger partial charge in [0.1, 0.15) is 5.82 Å². The molecule has 4 aromatic heterocycles. The molecule has 49 heavy (non-hydrogen) atoms. The predicted molar refractivity (Wildman–Crippen MR) is 198 cm³/mol. The van der Waals surface area contributed by atoms with Gasteiger partial charge in [0, 0.05) is 47.4 Å². The molecule has 0 aliphatic carbocycles. The SMILES string of the molecule is C=C/C(=C\C(=C/C)c1cnc2n[nH]c(-c3cc4c(-c5cc(F)cc(CCCN6CCCC6)c5)cncc4[nH]3)c2c1)CNCc1ccccc1. The minimum absolute atomic E-state index is 0.222. The predicted octanol–water partition coefficient (Wildman–Crippen LogP) is 8.64. The standard InChI is InChI=1S/C41H42FN7/c1-3-28(23-43-24-29-11-6-5-7-12-29)17-31(4-2)33-21-36-40(47-48-41(36)45-25-33)38-22-35-37(26-44-27-39(35)46-38)32-18-30(19-34(42)20-32)13-10-16-49-14-8-9-15-49/h3-7,11-12,17-22,25-27,43,46H,1,8-10,13-16,23-24H2,2H3,(H,45,47,48)/b28-17+,31-4+. The Hall–Kier alpha value is -5.18. The fourth-order valence-electron chi connectivity index (χ4n) is 6.80. The molecule has 1 aliphatic heterocycles. The van der Waals surface area contributed by atoms with Gasteiger partial charge in [0.2, 0.25) is 0 Å². The lowest BCUT2D eigenvalue weighted by Crippen LogP contribution is -2.20. The second-order valence-electron chi connectivity index (χ2n) is 12.8. The van der Waals surface area contributed by atoms with E-state index in [-0.39, 0.29) is 5.82 Å². The van der Waals surface area contributed by atoms with Gasteiger partial charge in [0.25, 0.3) is 0 Å². The summed E-state index contributed by atoms with van der Waals surface area (Å²) in [6.07, 6.45) is 16.1. The molecule has 2 aromatic carbocycles. The Morgan fingerprint density at radius 3 is 2.67 bits per heavy atom. The molecule has 0 amide bonds. The lowest BCUT2D eigenvalue weighted by atomic mass is 9.99. The molecule has 0 bridgehead atoms. The smallest absolute Gasteiger partial charge is 0.181 e. The van der Waals surface area contributed by atoms with Crippen molar-refractivity contribution >= 4 is 27.5 Å². The van der Waals surface area contributed by atoms with E-state index in [0.29, 0.717) is 12.2 Å². The van der Waals surface area contributed by atoms with E-state index in [0.717, 1.165) is 87.0 Å². The summed E-state index contributed by atoms with van der Waals surface area (Å²) in [7, 11) is 0. The summed E-state index contributed by atoms with van der Waals surface area (Å²) in [5, 5.41) is 13.1. The largest absolute Gasteiger partial charge is 0.352 e. The molecule has 6 aromatic rings. The molecule has 0 spiro atoms. The highest BCUT2D eigenvalue weighted by atomic mass is 19.1. The average molecular weight is 652 g/mol. The first-order chi connectivity index (χ1) is 24.1. The number of pyridine rings is 2. The number of nitrogens with one attached hydrogen (secondary N) is 3. The maximum absolute atomic E-state index is 14.9. The molecule has 248 valence electrons. The number of benzene rings is 2. The van der Waals surface area contributed by atoms with E-state index in [9.17, 15) is 4.39 Å². The van der Waals surface area contributed by atoms with Crippen molar-refractivity contribution in [2.45, 2.75) is 39.2 Å². The quantitative estimate of drug-likeness (QED) is 0.109. The zero-order valence-electron chi connectivity index (χ0n) is 28.0. The Balaban J connectivity index is 1.14. The van der Waals surface area contributed by atoms with Gasteiger partial charge in [-0.15, -0.1) is 0 Å². The molecular formula is C41H42FN7. The molecular weight excluding hydrogens is 609 g/mol. The van der Waals surface area contributed by atoms with E-state index < -0.39 is 0 Å². The van der Waals surface area contributed by atoms with Crippen LogP contribution in [0.2, 0.25) is 0 Å².